The molecule has 2 aromatic rings. The molecule has 0 radical (unpaired) electrons. The van der Waals surface area contributed by atoms with Crippen LogP contribution in [0.3, 0.4) is 0 Å². The van der Waals surface area contributed by atoms with Crippen molar-refractivity contribution in [3.63, 3.8) is 0 Å². The van der Waals surface area contributed by atoms with Crippen LogP contribution in [0, 0.1) is 12.8 Å². The Morgan fingerprint density at radius 3 is 2.39 bits per heavy atom. The summed E-state index contributed by atoms with van der Waals surface area (Å²) in [6, 6.07) is 7.01. The van der Waals surface area contributed by atoms with Crippen LogP contribution >= 0.6 is 11.3 Å². The van der Waals surface area contributed by atoms with Gasteiger partial charge in [0.2, 0.25) is 0 Å². The first kappa shape index (κ1) is 24.1. The third-order valence-corrected chi connectivity index (χ3v) is 9.14. The number of hydrogen-bond acceptors (Lipinski definition) is 2. The zero-order chi connectivity index (χ0) is 23.1. The van der Waals surface area contributed by atoms with Gasteiger partial charge in [0.1, 0.15) is 0 Å². The Bertz CT molecular complexity index is 961. The van der Waals surface area contributed by atoms with Crippen molar-refractivity contribution in [2.75, 3.05) is 11.4 Å². The van der Waals surface area contributed by atoms with Crippen molar-refractivity contribution in [1.82, 2.24) is 0 Å². The molecule has 0 saturated heterocycles. The van der Waals surface area contributed by atoms with Gasteiger partial charge in [0, 0.05) is 17.1 Å². The smallest absolute Gasteiger partial charge is 0.0989 e. The van der Waals surface area contributed by atoms with Crippen molar-refractivity contribution < 1.29 is 0 Å². The fourth-order valence-corrected chi connectivity index (χ4v) is 6.89. The second-order valence-corrected chi connectivity index (χ2v) is 12.0. The summed E-state index contributed by atoms with van der Waals surface area (Å²) in [7, 11) is 0. The highest BCUT2D eigenvalue weighted by Gasteiger charge is 2.43. The third kappa shape index (κ3) is 4.38. The molecule has 1 atom stereocenters. The molecule has 31 heavy (non-hydrogen) atoms. The number of benzene rings is 1. The maximum Gasteiger partial charge on any atom is 0.0989 e. The summed E-state index contributed by atoms with van der Waals surface area (Å²) in [5.74, 6) is 0.593. The summed E-state index contributed by atoms with van der Waals surface area (Å²) in [6.07, 6.45) is 4.82. The Kier molecular flexibility index (Phi) is 6.82. The van der Waals surface area contributed by atoms with E-state index in [9.17, 15) is 0 Å². The first-order chi connectivity index (χ1) is 14.4. The topological polar surface area (TPSA) is 3.24 Å². The Hall–Kier alpha value is -1.54. The predicted molar refractivity (Wildman–Crippen MR) is 141 cm³/mol. The van der Waals surface area contributed by atoms with Crippen molar-refractivity contribution in [2.24, 2.45) is 5.92 Å². The lowest BCUT2D eigenvalue weighted by Crippen LogP contribution is -2.34. The van der Waals surface area contributed by atoms with E-state index in [0.29, 0.717) is 11.3 Å². The van der Waals surface area contributed by atoms with Crippen LogP contribution in [0.25, 0.3) is 5.57 Å². The van der Waals surface area contributed by atoms with Crippen LogP contribution < -0.4 is 4.90 Å². The van der Waals surface area contributed by atoms with Gasteiger partial charge in [0.15, 0.2) is 0 Å². The molecule has 1 aliphatic carbocycles. The van der Waals surface area contributed by atoms with Crippen molar-refractivity contribution in [1.29, 1.82) is 0 Å². The fraction of sp³-hybridized carbons (Fsp3) is 0.586. The molecule has 0 bridgehead atoms. The number of rotatable bonds is 7. The van der Waals surface area contributed by atoms with Gasteiger partial charge in [-0.1, -0.05) is 66.7 Å². The van der Waals surface area contributed by atoms with Gasteiger partial charge in [-0.25, -0.2) is 0 Å². The van der Waals surface area contributed by atoms with E-state index in [1.165, 1.54) is 46.6 Å². The summed E-state index contributed by atoms with van der Waals surface area (Å²) in [4.78, 5) is 4.23. The molecule has 1 aliphatic rings. The molecule has 0 saturated carbocycles. The summed E-state index contributed by atoms with van der Waals surface area (Å²) in [5, 5.41) is 1.46. The lowest BCUT2D eigenvalue weighted by molar-refractivity contribution is 0.309. The van der Waals surface area contributed by atoms with Crippen LogP contribution in [-0.2, 0) is 17.3 Å². The monoisotopic (exact) mass is 437 g/mol. The first-order valence-electron chi connectivity index (χ1n) is 12.2. The van der Waals surface area contributed by atoms with Crippen molar-refractivity contribution in [3.05, 3.63) is 51.9 Å². The minimum Gasteiger partial charge on any atom is -0.333 e. The van der Waals surface area contributed by atoms with Crippen LogP contribution in [0.4, 0.5) is 10.7 Å². The van der Waals surface area contributed by atoms with Gasteiger partial charge < -0.3 is 4.90 Å². The van der Waals surface area contributed by atoms with E-state index in [1.54, 1.807) is 10.4 Å². The summed E-state index contributed by atoms with van der Waals surface area (Å²) in [6.45, 7) is 26.4. The van der Waals surface area contributed by atoms with E-state index in [1.807, 2.05) is 0 Å². The Morgan fingerprint density at radius 2 is 1.84 bits per heavy atom. The maximum absolute atomic E-state index is 4.20. The van der Waals surface area contributed by atoms with Crippen LogP contribution in [-0.4, -0.2) is 6.54 Å². The highest BCUT2D eigenvalue weighted by molar-refractivity contribution is 7.16. The molecule has 0 spiro atoms. The number of anilines is 2. The van der Waals surface area contributed by atoms with Crippen LogP contribution in [0.5, 0.6) is 0 Å². The van der Waals surface area contributed by atoms with Crippen molar-refractivity contribution in [2.45, 2.75) is 98.8 Å². The molecule has 1 nitrogen and oxygen atoms in total. The Morgan fingerprint density at radius 1 is 1.16 bits per heavy atom. The van der Waals surface area contributed by atoms with E-state index in [0.717, 1.165) is 18.5 Å². The number of thiophene rings is 1. The van der Waals surface area contributed by atoms with Crippen LogP contribution in [0.2, 0.25) is 0 Å². The number of fused-ring (bicyclic) bond motifs is 1. The van der Waals surface area contributed by atoms with Crippen molar-refractivity contribution in [3.8, 4) is 0 Å². The van der Waals surface area contributed by atoms with Crippen molar-refractivity contribution >= 4 is 27.6 Å². The molecule has 0 amide bonds. The normalized spacial score (nSPS) is 20.1. The highest BCUT2D eigenvalue weighted by atomic mass is 32.1. The molecule has 1 aromatic heterocycles. The predicted octanol–water partition coefficient (Wildman–Crippen LogP) is 9.19. The Balaban J connectivity index is 2.21. The number of nitrogens with zero attached hydrogens (tertiary/aromatic N) is 1. The standard InChI is InChI=1S/C29H43NS/c1-11-22-17-23(13-14-24(22)20(5)6)30(18-19(3)4)27-21(7)25-26(31-27)28(8,9)15-16-29(25,10)12-2/h13-14,17,19H,5,11-12,15-16,18H2,1-4,6-10H3. The van der Waals surface area contributed by atoms with E-state index < -0.39 is 0 Å². The van der Waals surface area contributed by atoms with Gasteiger partial charge >= 0.3 is 0 Å². The second kappa shape index (κ2) is 8.77. The van der Waals surface area contributed by atoms with Gasteiger partial charge in [-0.05, 0) is 90.7 Å². The fourth-order valence-electron chi connectivity index (χ4n) is 5.27. The van der Waals surface area contributed by atoms with Gasteiger partial charge in [0.25, 0.3) is 0 Å². The van der Waals surface area contributed by atoms with Crippen LogP contribution in [0.1, 0.15) is 102 Å². The van der Waals surface area contributed by atoms with E-state index >= 15 is 0 Å². The molecule has 0 aliphatic heterocycles. The lowest BCUT2D eigenvalue weighted by Gasteiger charge is -2.41. The zero-order valence-electron chi connectivity index (χ0n) is 21.4. The van der Waals surface area contributed by atoms with Crippen LogP contribution in [0.15, 0.2) is 24.8 Å². The van der Waals surface area contributed by atoms with Gasteiger partial charge in [0.05, 0.1) is 5.00 Å². The maximum atomic E-state index is 4.20. The van der Waals surface area contributed by atoms with E-state index in [-0.39, 0.29) is 5.41 Å². The van der Waals surface area contributed by atoms with Gasteiger partial charge in [-0.3, -0.25) is 0 Å². The SMILES string of the molecule is C=C(C)c1ccc(N(CC(C)C)c2sc3c(c2C)C(C)(CC)CCC3(C)C)cc1CC. The lowest BCUT2D eigenvalue weighted by atomic mass is 9.64. The average Bonchev–Trinajstić information content (AvgIpc) is 3.08. The second-order valence-electron chi connectivity index (χ2n) is 11.0. The largest absolute Gasteiger partial charge is 0.333 e. The summed E-state index contributed by atoms with van der Waals surface area (Å²) in [5.41, 5.74) is 8.91. The van der Waals surface area contributed by atoms with E-state index in [4.69, 9.17) is 0 Å². The molecule has 1 unspecified atom stereocenters. The molecule has 3 rings (SSSR count). The number of hydrogen-bond donors (Lipinski definition) is 0. The summed E-state index contributed by atoms with van der Waals surface area (Å²) < 4.78 is 0. The number of aryl methyl sites for hydroxylation is 1. The average molecular weight is 438 g/mol. The van der Waals surface area contributed by atoms with Gasteiger partial charge in [-0.15, -0.1) is 11.3 Å². The van der Waals surface area contributed by atoms with E-state index in [2.05, 4.69) is 103 Å². The first-order valence-corrected chi connectivity index (χ1v) is 13.0. The molecule has 0 N–H and O–H groups in total. The molecule has 1 aromatic carbocycles. The number of allylic oxidation sites excluding steroid dienone is 1. The highest BCUT2D eigenvalue weighted by Crippen LogP contribution is 2.55. The quantitative estimate of drug-likeness (QED) is 0.417. The third-order valence-electron chi connectivity index (χ3n) is 7.46. The molecular weight excluding hydrogens is 394 g/mol. The molecule has 2 heteroatoms. The summed E-state index contributed by atoms with van der Waals surface area (Å²) >= 11 is 2.06. The molecule has 0 fully saturated rings. The molecule has 170 valence electrons. The zero-order valence-corrected chi connectivity index (χ0v) is 22.2. The Labute approximate surface area is 195 Å². The molecular formula is C29H43NS. The molecule has 1 heterocycles. The minimum absolute atomic E-state index is 0.263. The minimum atomic E-state index is 0.263. The van der Waals surface area contributed by atoms with Gasteiger partial charge in [-0.2, -0.15) is 0 Å².